The number of rotatable bonds is 8. The quantitative estimate of drug-likeness (QED) is 0.415. The summed E-state index contributed by atoms with van der Waals surface area (Å²) in [4.78, 5) is 26.3. The van der Waals surface area contributed by atoms with E-state index >= 15 is 0 Å². The average Bonchev–Trinajstić information content (AvgIpc) is 2.89. The molecule has 1 N–H and O–H groups in total. The van der Waals surface area contributed by atoms with Gasteiger partial charge in [-0.2, -0.15) is 0 Å². The molecule has 140 valence electrons. The first-order valence-electron chi connectivity index (χ1n) is 8.24. The second-order valence-corrected chi connectivity index (χ2v) is 7.26. The van der Waals surface area contributed by atoms with Gasteiger partial charge >= 0.3 is 0 Å². The van der Waals surface area contributed by atoms with E-state index in [1.165, 1.54) is 16.7 Å². The number of ether oxygens (including phenoxy) is 2. The third-order valence-electron chi connectivity index (χ3n) is 3.73. The number of benzene rings is 1. The number of methoxy groups -OCH3 is 2. The number of carbonyl (C=O) groups excluding carboxylic acids is 2. The molecule has 0 atom stereocenters. The number of nitrogens with one attached hydrogen (secondary N) is 1. The summed E-state index contributed by atoms with van der Waals surface area (Å²) in [6.07, 6.45) is 3.63. The number of amides is 2. The molecule has 8 heteroatoms. The molecule has 0 bridgehead atoms. The van der Waals surface area contributed by atoms with Crippen LogP contribution in [0.1, 0.15) is 25.3 Å². The number of unbranched alkanes of at least 4 members (excludes halogenated alkanes) is 1. The van der Waals surface area contributed by atoms with E-state index in [4.69, 9.17) is 21.7 Å². The molecule has 26 heavy (non-hydrogen) atoms. The Hall–Kier alpha value is -2.06. The lowest BCUT2D eigenvalue weighted by Crippen LogP contribution is -2.39. The Morgan fingerprint density at radius 3 is 2.69 bits per heavy atom. The molecule has 1 aliphatic heterocycles. The van der Waals surface area contributed by atoms with E-state index in [-0.39, 0.29) is 18.4 Å². The fourth-order valence-electron chi connectivity index (χ4n) is 2.33. The van der Waals surface area contributed by atoms with Crippen LogP contribution >= 0.6 is 24.0 Å². The second-order valence-electron chi connectivity index (χ2n) is 5.59. The van der Waals surface area contributed by atoms with Crippen molar-refractivity contribution in [1.29, 1.82) is 0 Å². The minimum absolute atomic E-state index is 0.0579. The molecule has 1 heterocycles. The van der Waals surface area contributed by atoms with Crippen LogP contribution in [0.25, 0.3) is 6.08 Å². The van der Waals surface area contributed by atoms with Crippen LogP contribution in [0.5, 0.6) is 11.5 Å². The lowest BCUT2D eigenvalue weighted by atomic mass is 10.2. The molecule has 0 aliphatic carbocycles. The molecular weight excluding hydrogens is 372 g/mol. The third kappa shape index (κ3) is 4.98. The van der Waals surface area contributed by atoms with E-state index in [1.807, 2.05) is 13.0 Å². The van der Waals surface area contributed by atoms with Crippen molar-refractivity contribution in [3.63, 3.8) is 0 Å². The number of nitrogens with zero attached hydrogens (tertiary/aromatic N) is 1. The summed E-state index contributed by atoms with van der Waals surface area (Å²) in [7, 11) is 3.12. The van der Waals surface area contributed by atoms with Gasteiger partial charge in [0.25, 0.3) is 5.91 Å². The zero-order chi connectivity index (χ0) is 19.1. The third-order valence-corrected chi connectivity index (χ3v) is 5.11. The van der Waals surface area contributed by atoms with E-state index in [9.17, 15) is 9.59 Å². The smallest absolute Gasteiger partial charge is 0.266 e. The van der Waals surface area contributed by atoms with Gasteiger partial charge < -0.3 is 14.8 Å². The zero-order valence-corrected chi connectivity index (χ0v) is 16.7. The number of hydrogen-bond acceptors (Lipinski definition) is 6. The molecule has 0 saturated carbocycles. The molecule has 1 saturated heterocycles. The summed E-state index contributed by atoms with van der Waals surface area (Å²) in [6.45, 7) is 2.59. The van der Waals surface area contributed by atoms with E-state index in [0.717, 1.165) is 18.4 Å². The highest BCUT2D eigenvalue weighted by atomic mass is 32.2. The first-order valence-corrected chi connectivity index (χ1v) is 9.46. The average molecular weight is 395 g/mol. The Morgan fingerprint density at radius 2 is 2.04 bits per heavy atom. The van der Waals surface area contributed by atoms with Crippen LogP contribution in [0.3, 0.4) is 0 Å². The Bertz CT molecular complexity index is 734. The lowest BCUT2D eigenvalue weighted by Gasteiger charge is -2.14. The Morgan fingerprint density at radius 1 is 1.31 bits per heavy atom. The Balaban J connectivity index is 2.10. The van der Waals surface area contributed by atoms with Crippen molar-refractivity contribution in [2.75, 3.05) is 27.3 Å². The molecule has 1 aromatic rings. The highest BCUT2D eigenvalue weighted by Crippen LogP contribution is 2.34. The van der Waals surface area contributed by atoms with Crippen molar-refractivity contribution in [3.05, 3.63) is 28.7 Å². The number of hydrogen-bond donors (Lipinski definition) is 1. The van der Waals surface area contributed by atoms with E-state index in [2.05, 4.69) is 5.32 Å². The predicted molar refractivity (Wildman–Crippen MR) is 107 cm³/mol. The molecule has 0 radical (unpaired) electrons. The molecular formula is C18H22N2O4S2. The van der Waals surface area contributed by atoms with Gasteiger partial charge in [0, 0.05) is 6.54 Å². The van der Waals surface area contributed by atoms with Crippen LogP contribution in [0.2, 0.25) is 0 Å². The Kier molecular flexibility index (Phi) is 7.47. The van der Waals surface area contributed by atoms with Crippen LogP contribution in [0.15, 0.2) is 23.1 Å². The molecule has 0 aromatic heterocycles. The standard InChI is InChI=1S/C18H22N2O4S2/c1-4-5-8-19-16(21)11-20-17(22)15(26-18(20)25)10-12-6-7-13(23-2)14(9-12)24-3/h6-7,9-10H,4-5,8,11H2,1-3H3,(H,19,21)/b15-10+. The maximum absolute atomic E-state index is 12.6. The van der Waals surface area contributed by atoms with Crippen molar-refractivity contribution in [2.24, 2.45) is 0 Å². The van der Waals surface area contributed by atoms with Crippen molar-refractivity contribution in [3.8, 4) is 11.5 Å². The maximum Gasteiger partial charge on any atom is 0.266 e. The summed E-state index contributed by atoms with van der Waals surface area (Å²) < 4.78 is 10.9. The van der Waals surface area contributed by atoms with Crippen molar-refractivity contribution in [1.82, 2.24) is 10.2 Å². The molecule has 1 aromatic carbocycles. The van der Waals surface area contributed by atoms with E-state index in [1.54, 1.807) is 32.4 Å². The van der Waals surface area contributed by atoms with Crippen LogP contribution in [0.4, 0.5) is 0 Å². The zero-order valence-electron chi connectivity index (χ0n) is 15.0. The molecule has 0 spiro atoms. The maximum atomic E-state index is 12.6. The summed E-state index contributed by atoms with van der Waals surface area (Å²) in [5.74, 6) is 0.718. The minimum Gasteiger partial charge on any atom is -0.493 e. The van der Waals surface area contributed by atoms with E-state index in [0.29, 0.717) is 27.3 Å². The first-order chi connectivity index (χ1) is 12.5. The van der Waals surface area contributed by atoms with Crippen molar-refractivity contribution in [2.45, 2.75) is 19.8 Å². The topological polar surface area (TPSA) is 67.9 Å². The van der Waals surface area contributed by atoms with Crippen molar-refractivity contribution >= 4 is 46.2 Å². The van der Waals surface area contributed by atoms with Gasteiger partial charge in [-0.1, -0.05) is 43.4 Å². The van der Waals surface area contributed by atoms with Gasteiger partial charge in [-0.15, -0.1) is 0 Å². The summed E-state index contributed by atoms with van der Waals surface area (Å²) in [5, 5.41) is 2.79. The monoisotopic (exact) mass is 394 g/mol. The first kappa shape index (κ1) is 20.3. The SMILES string of the molecule is CCCCNC(=O)CN1C(=O)/C(=C\c2ccc(OC)c(OC)c2)SC1=S. The second kappa shape index (κ2) is 9.59. The van der Waals surface area contributed by atoms with Crippen molar-refractivity contribution < 1.29 is 19.1 Å². The van der Waals surface area contributed by atoms with E-state index < -0.39 is 0 Å². The van der Waals surface area contributed by atoms with Gasteiger partial charge in [-0.05, 0) is 30.2 Å². The van der Waals surface area contributed by atoms with Gasteiger partial charge in [0.2, 0.25) is 5.91 Å². The van der Waals surface area contributed by atoms with Gasteiger partial charge in [0.05, 0.1) is 19.1 Å². The van der Waals surface area contributed by atoms with Gasteiger partial charge in [-0.25, -0.2) is 0 Å². The Labute approximate surface area is 162 Å². The fraction of sp³-hybridized carbons (Fsp3) is 0.389. The lowest BCUT2D eigenvalue weighted by molar-refractivity contribution is -0.128. The van der Waals surface area contributed by atoms with Crippen LogP contribution < -0.4 is 14.8 Å². The molecule has 2 amide bonds. The number of thioether (sulfide) groups is 1. The molecule has 0 unspecified atom stereocenters. The normalized spacial score (nSPS) is 15.5. The highest BCUT2D eigenvalue weighted by Gasteiger charge is 2.33. The molecule has 6 nitrogen and oxygen atoms in total. The van der Waals surface area contributed by atoms with Gasteiger partial charge in [0.15, 0.2) is 11.5 Å². The molecule has 1 aliphatic rings. The molecule has 1 fully saturated rings. The number of thiocarbonyl (C=S) groups is 1. The number of carbonyl (C=O) groups is 2. The summed E-state index contributed by atoms with van der Waals surface area (Å²) in [6, 6.07) is 5.38. The van der Waals surface area contributed by atoms with Gasteiger partial charge in [-0.3, -0.25) is 14.5 Å². The minimum atomic E-state index is -0.263. The van der Waals surface area contributed by atoms with Crippen LogP contribution in [-0.4, -0.2) is 48.3 Å². The largest absolute Gasteiger partial charge is 0.493 e. The summed E-state index contributed by atoms with van der Waals surface area (Å²) in [5.41, 5.74) is 0.788. The molecule has 2 rings (SSSR count). The van der Waals surface area contributed by atoms with Crippen LogP contribution in [0, 0.1) is 0 Å². The fourth-order valence-corrected chi connectivity index (χ4v) is 3.59. The van der Waals surface area contributed by atoms with Crippen LogP contribution in [-0.2, 0) is 9.59 Å². The predicted octanol–water partition coefficient (Wildman–Crippen LogP) is 2.82. The van der Waals surface area contributed by atoms with Gasteiger partial charge in [0.1, 0.15) is 10.9 Å². The highest BCUT2D eigenvalue weighted by molar-refractivity contribution is 8.26. The summed E-state index contributed by atoms with van der Waals surface area (Å²) >= 11 is 6.44.